The molecule has 0 heterocycles. The average Bonchev–Trinajstić information content (AvgIpc) is 2.99. The molecule has 0 radical (unpaired) electrons. The summed E-state index contributed by atoms with van der Waals surface area (Å²) in [5.41, 5.74) is 16.7. The highest BCUT2D eigenvalue weighted by Crippen LogP contribution is 2.29. The number of aryl methyl sites for hydroxylation is 1. The van der Waals surface area contributed by atoms with Gasteiger partial charge in [0.05, 0.1) is 25.1 Å². The van der Waals surface area contributed by atoms with Crippen LogP contribution >= 0.6 is 0 Å². The summed E-state index contributed by atoms with van der Waals surface area (Å²) in [6, 6.07) is 15.8. The normalized spacial score (nSPS) is 12.7. The fourth-order valence-electron chi connectivity index (χ4n) is 4.72. The molecule has 1 atom stereocenters. The molecule has 7 nitrogen and oxygen atoms in total. The largest absolute Gasteiger partial charge is 0.495 e. The molecule has 1 unspecified atom stereocenters. The van der Waals surface area contributed by atoms with E-state index in [1.54, 1.807) is 19.2 Å². The fourth-order valence-corrected chi connectivity index (χ4v) is 4.72. The molecule has 0 saturated carbocycles. The smallest absolute Gasteiger partial charge is 0.224 e. The second-order valence-corrected chi connectivity index (χ2v) is 10.7. The molecule has 0 spiro atoms. The summed E-state index contributed by atoms with van der Waals surface area (Å²) in [7, 11) is 1.57. The summed E-state index contributed by atoms with van der Waals surface area (Å²) in [5, 5.41) is 16.0. The molecule has 2 aromatic carbocycles. The zero-order chi connectivity index (χ0) is 30.9. The Morgan fingerprint density at radius 2 is 1.90 bits per heavy atom. The van der Waals surface area contributed by atoms with E-state index in [-0.39, 0.29) is 11.9 Å². The Morgan fingerprint density at radius 3 is 2.52 bits per heavy atom. The molecule has 228 valence electrons. The van der Waals surface area contributed by atoms with Gasteiger partial charge in [-0.25, -0.2) is 0 Å². The van der Waals surface area contributed by atoms with Crippen molar-refractivity contribution in [3.63, 3.8) is 0 Å². The highest BCUT2D eigenvalue weighted by Gasteiger charge is 2.21. The summed E-state index contributed by atoms with van der Waals surface area (Å²) in [4.78, 5) is 12.7. The fraction of sp³-hybridized carbons (Fsp3) is 0.429. The third kappa shape index (κ3) is 10.9. The Labute approximate surface area is 253 Å². The number of nitrogens with one attached hydrogen (secondary N) is 3. The van der Waals surface area contributed by atoms with Gasteiger partial charge in [0.25, 0.3) is 0 Å². The van der Waals surface area contributed by atoms with E-state index in [0.29, 0.717) is 46.8 Å². The molecule has 0 fully saturated rings. The molecule has 0 aliphatic carbocycles. The maximum Gasteiger partial charge on any atom is 0.224 e. The Morgan fingerprint density at radius 1 is 1.17 bits per heavy atom. The molecule has 2 aromatic rings. The molecule has 0 aromatic heterocycles. The standard InChI is InChI=1S/C35H51N5O2/c1-6-9-17-31(39-28(8-3)21-22-36)34(29(37)23-25(4)7-2)35(38)27-19-20-30(32(24-27)42-5)40-33(41)18-13-16-26-14-11-10-12-15-26/h10-12,14-15,17,19-20,24,28,38-39H,4,6-9,13,16,18,21-23,36-37H2,1-3,5H3,(H,40,41)/p+1/b31-17-,34-29-,38-35?. The second-order valence-electron chi connectivity index (χ2n) is 10.7. The Hall–Kier alpha value is -3.84. The lowest BCUT2D eigenvalue weighted by Gasteiger charge is -2.24. The number of quaternary nitrogens is 1. The Balaban J connectivity index is 2.36. The summed E-state index contributed by atoms with van der Waals surface area (Å²) < 4.78 is 5.66. The third-order valence-electron chi connectivity index (χ3n) is 7.30. The number of carbonyl (C=O) groups is 1. The highest BCUT2D eigenvalue weighted by molar-refractivity contribution is 6.14. The van der Waals surface area contributed by atoms with E-state index in [9.17, 15) is 10.2 Å². The lowest BCUT2D eigenvalue weighted by Crippen LogP contribution is -2.52. The van der Waals surface area contributed by atoms with E-state index in [1.165, 1.54) is 5.56 Å². The highest BCUT2D eigenvalue weighted by atomic mass is 16.5. The Kier molecular flexibility index (Phi) is 15.2. The van der Waals surface area contributed by atoms with Gasteiger partial charge in [-0.2, -0.15) is 0 Å². The third-order valence-corrected chi connectivity index (χ3v) is 7.30. The average molecular weight is 575 g/mol. The molecular formula is C35H52N5O2+. The number of nitrogens with two attached hydrogens (primary N) is 1. The van der Waals surface area contributed by atoms with Crippen molar-refractivity contribution < 1.29 is 15.3 Å². The van der Waals surface area contributed by atoms with Crippen molar-refractivity contribution in [1.82, 2.24) is 5.32 Å². The van der Waals surface area contributed by atoms with E-state index in [2.05, 4.69) is 61.9 Å². The van der Waals surface area contributed by atoms with E-state index in [4.69, 9.17) is 10.5 Å². The molecule has 8 N–H and O–H groups in total. The predicted octanol–water partition coefficient (Wildman–Crippen LogP) is 6.28. The van der Waals surface area contributed by atoms with Crippen molar-refractivity contribution in [2.75, 3.05) is 19.0 Å². The van der Waals surface area contributed by atoms with Crippen molar-refractivity contribution in [3.8, 4) is 5.75 Å². The van der Waals surface area contributed by atoms with Crippen molar-refractivity contribution >= 4 is 17.3 Å². The first kappa shape index (κ1) is 34.4. The van der Waals surface area contributed by atoms with Crippen molar-refractivity contribution in [1.29, 1.82) is 5.41 Å². The number of allylic oxidation sites excluding steroid dienone is 3. The first-order valence-electron chi connectivity index (χ1n) is 15.3. The molecule has 0 bridgehead atoms. The van der Waals surface area contributed by atoms with Crippen LogP contribution in [0.25, 0.3) is 0 Å². The van der Waals surface area contributed by atoms with Crippen LogP contribution in [-0.4, -0.2) is 31.3 Å². The van der Waals surface area contributed by atoms with Crippen molar-refractivity contribution in [2.24, 2.45) is 5.73 Å². The predicted molar refractivity (Wildman–Crippen MR) is 176 cm³/mol. The van der Waals surface area contributed by atoms with Gasteiger partial charge in [-0.15, -0.1) is 0 Å². The van der Waals surface area contributed by atoms with Crippen molar-refractivity contribution in [3.05, 3.63) is 94.9 Å². The van der Waals surface area contributed by atoms with Gasteiger partial charge in [0.2, 0.25) is 5.91 Å². The minimum atomic E-state index is -0.0695. The number of methoxy groups -OCH3 is 1. The molecular weight excluding hydrogens is 522 g/mol. The van der Waals surface area contributed by atoms with Gasteiger partial charge in [0.1, 0.15) is 5.75 Å². The monoisotopic (exact) mass is 574 g/mol. The summed E-state index contributed by atoms with van der Waals surface area (Å²) in [5.74, 6) is 0.431. The zero-order valence-corrected chi connectivity index (χ0v) is 26.2. The SMILES string of the molecule is C=C(CC)C/C(N)=C(C(=N)c1ccc(NC(=O)CCCc2ccccc2)c(OC)c1)\C(=C\CCC)NC(CC)CC[NH3+]. The van der Waals surface area contributed by atoms with E-state index >= 15 is 0 Å². The van der Waals surface area contributed by atoms with Gasteiger partial charge in [-0.1, -0.05) is 81.8 Å². The number of hydrogen-bond donors (Lipinski definition) is 5. The number of rotatable bonds is 19. The maximum absolute atomic E-state index is 12.7. The van der Waals surface area contributed by atoms with Gasteiger partial charge in [0.15, 0.2) is 0 Å². The van der Waals surface area contributed by atoms with Gasteiger partial charge in [-0.05, 0) is 49.8 Å². The topological polar surface area (TPSA) is 128 Å². The number of amides is 1. The van der Waals surface area contributed by atoms with Gasteiger partial charge < -0.3 is 26.8 Å². The number of carbonyl (C=O) groups excluding carboxylic acids is 1. The van der Waals surface area contributed by atoms with Crippen LogP contribution < -0.4 is 26.8 Å². The number of unbranched alkanes of at least 4 members (excludes halogenated alkanes) is 1. The Bertz CT molecular complexity index is 1230. The summed E-state index contributed by atoms with van der Waals surface area (Å²) in [6.07, 6.45) is 9.19. The summed E-state index contributed by atoms with van der Waals surface area (Å²) >= 11 is 0. The zero-order valence-electron chi connectivity index (χ0n) is 26.2. The van der Waals surface area contributed by atoms with Crippen LogP contribution in [0.4, 0.5) is 5.69 Å². The van der Waals surface area contributed by atoms with E-state index in [0.717, 1.165) is 62.8 Å². The van der Waals surface area contributed by atoms with Gasteiger partial charge in [-0.3, -0.25) is 10.2 Å². The van der Waals surface area contributed by atoms with Crippen LogP contribution in [0.1, 0.15) is 83.3 Å². The molecule has 0 saturated heterocycles. The van der Waals surface area contributed by atoms with Gasteiger partial charge >= 0.3 is 0 Å². The van der Waals surface area contributed by atoms with Crippen LogP contribution in [0.3, 0.4) is 0 Å². The molecule has 2 rings (SSSR count). The van der Waals surface area contributed by atoms with Crippen LogP contribution in [0.2, 0.25) is 0 Å². The van der Waals surface area contributed by atoms with Crippen LogP contribution in [0.15, 0.2) is 83.7 Å². The quantitative estimate of drug-likeness (QED) is 0.0769. The van der Waals surface area contributed by atoms with Crippen LogP contribution in [0.5, 0.6) is 5.75 Å². The summed E-state index contributed by atoms with van der Waals surface area (Å²) in [6.45, 7) is 11.3. The molecule has 0 aliphatic rings. The molecule has 7 heteroatoms. The van der Waals surface area contributed by atoms with Crippen molar-refractivity contribution in [2.45, 2.75) is 84.6 Å². The van der Waals surface area contributed by atoms with Crippen LogP contribution in [0, 0.1) is 5.41 Å². The number of hydrogen-bond acceptors (Lipinski definition) is 5. The van der Waals surface area contributed by atoms with E-state index in [1.807, 2.05) is 24.3 Å². The minimum Gasteiger partial charge on any atom is -0.495 e. The maximum atomic E-state index is 12.7. The number of ether oxygens (including phenoxy) is 1. The second kappa shape index (κ2) is 18.6. The lowest BCUT2D eigenvalue weighted by molar-refractivity contribution is -0.369. The van der Waals surface area contributed by atoms with Crippen LogP contribution in [-0.2, 0) is 11.2 Å². The minimum absolute atomic E-state index is 0.0695. The number of benzene rings is 2. The lowest BCUT2D eigenvalue weighted by atomic mass is 9.93. The van der Waals surface area contributed by atoms with Gasteiger partial charge in [0, 0.05) is 47.8 Å². The molecule has 42 heavy (non-hydrogen) atoms. The number of anilines is 1. The first-order valence-corrected chi connectivity index (χ1v) is 15.3. The van der Waals surface area contributed by atoms with E-state index < -0.39 is 0 Å². The molecule has 0 aliphatic heterocycles. The first-order chi connectivity index (χ1) is 20.3. The molecule has 1 amide bonds.